The zero-order chi connectivity index (χ0) is 17.8. The van der Waals surface area contributed by atoms with Crippen LogP contribution in [0.5, 0.6) is 0 Å². The summed E-state index contributed by atoms with van der Waals surface area (Å²) in [6.45, 7) is 0.368. The number of benzene rings is 1. The Hall–Kier alpha value is -2.96. The predicted molar refractivity (Wildman–Crippen MR) is 87.1 cm³/mol. The van der Waals surface area contributed by atoms with Crippen molar-refractivity contribution in [2.45, 2.75) is 25.3 Å². The first-order valence-corrected chi connectivity index (χ1v) is 8.12. The molecule has 0 aromatic heterocycles. The lowest BCUT2D eigenvalue weighted by Gasteiger charge is -2.18. The number of cyclic esters (lactones) is 1. The largest absolute Gasteiger partial charge is 0.446 e. The third-order valence-corrected chi connectivity index (χ3v) is 4.23. The average molecular weight is 342 g/mol. The van der Waals surface area contributed by atoms with Crippen molar-refractivity contribution >= 4 is 23.8 Å². The van der Waals surface area contributed by atoms with Gasteiger partial charge in [0.1, 0.15) is 12.6 Å². The third-order valence-electron chi connectivity index (χ3n) is 4.23. The molecular formula is C18H18N2O5. The zero-order valence-electron chi connectivity index (χ0n) is 13.6. The minimum absolute atomic E-state index is 0.124. The van der Waals surface area contributed by atoms with Gasteiger partial charge in [-0.2, -0.15) is 0 Å². The molecule has 7 nitrogen and oxygen atoms in total. The van der Waals surface area contributed by atoms with Crippen LogP contribution in [-0.2, 0) is 19.1 Å². The molecule has 0 unspecified atom stereocenters. The number of likely N-dealkylation sites (tertiary alicyclic amines) is 1. The first kappa shape index (κ1) is 16.9. The van der Waals surface area contributed by atoms with Crippen LogP contribution >= 0.6 is 0 Å². The summed E-state index contributed by atoms with van der Waals surface area (Å²) in [6.07, 6.45) is 3.04. The van der Waals surface area contributed by atoms with E-state index in [2.05, 4.69) is 0 Å². The fourth-order valence-corrected chi connectivity index (χ4v) is 2.93. The van der Waals surface area contributed by atoms with E-state index in [1.807, 2.05) is 30.3 Å². The number of imide groups is 2. The molecule has 2 heterocycles. The Morgan fingerprint density at radius 3 is 2.48 bits per heavy atom. The summed E-state index contributed by atoms with van der Waals surface area (Å²) in [6, 6.07) is 8.74. The first-order chi connectivity index (χ1) is 12.1. The van der Waals surface area contributed by atoms with Crippen molar-refractivity contribution in [2.24, 2.45) is 0 Å². The fourth-order valence-electron chi connectivity index (χ4n) is 2.93. The van der Waals surface area contributed by atoms with E-state index in [1.165, 1.54) is 11.0 Å². The van der Waals surface area contributed by atoms with Gasteiger partial charge in [-0.3, -0.25) is 19.3 Å². The van der Waals surface area contributed by atoms with E-state index in [-0.39, 0.29) is 37.8 Å². The molecule has 0 N–H and O–H groups in total. The van der Waals surface area contributed by atoms with E-state index < -0.39 is 18.0 Å². The Morgan fingerprint density at radius 1 is 1.12 bits per heavy atom. The van der Waals surface area contributed by atoms with Crippen LogP contribution in [0.25, 0.3) is 0 Å². The molecule has 130 valence electrons. The van der Waals surface area contributed by atoms with Gasteiger partial charge in [-0.1, -0.05) is 36.4 Å². The van der Waals surface area contributed by atoms with E-state index in [0.29, 0.717) is 6.42 Å². The number of ether oxygens (including phenoxy) is 1. The van der Waals surface area contributed by atoms with Gasteiger partial charge >= 0.3 is 6.09 Å². The second kappa shape index (κ2) is 7.29. The van der Waals surface area contributed by atoms with Gasteiger partial charge in [0.2, 0.25) is 11.8 Å². The molecule has 0 aliphatic carbocycles. The summed E-state index contributed by atoms with van der Waals surface area (Å²) in [4.78, 5) is 49.5. The predicted octanol–water partition coefficient (Wildman–Crippen LogP) is 1.80. The van der Waals surface area contributed by atoms with Gasteiger partial charge < -0.3 is 4.74 Å². The van der Waals surface area contributed by atoms with Gasteiger partial charge in [0.05, 0.1) is 0 Å². The number of hydrogen-bond donors (Lipinski definition) is 0. The Labute approximate surface area is 144 Å². The topological polar surface area (TPSA) is 84.0 Å². The van der Waals surface area contributed by atoms with Gasteiger partial charge in [-0.15, -0.1) is 0 Å². The zero-order valence-corrected chi connectivity index (χ0v) is 13.6. The van der Waals surface area contributed by atoms with E-state index >= 15 is 0 Å². The minimum Gasteiger partial charge on any atom is -0.446 e. The second-order valence-electron chi connectivity index (χ2n) is 5.84. The highest BCUT2D eigenvalue weighted by atomic mass is 16.6. The molecule has 0 radical (unpaired) electrons. The van der Waals surface area contributed by atoms with Crippen LogP contribution in [0, 0.1) is 0 Å². The summed E-state index contributed by atoms with van der Waals surface area (Å²) in [5.41, 5.74) is 0.823. The lowest BCUT2D eigenvalue weighted by atomic mass is 10.1. The van der Waals surface area contributed by atoms with E-state index in [9.17, 15) is 19.2 Å². The molecule has 1 aromatic rings. The lowest BCUT2D eigenvalue weighted by Crippen LogP contribution is -2.33. The van der Waals surface area contributed by atoms with Crippen LogP contribution in [-0.4, -0.2) is 46.8 Å². The lowest BCUT2D eigenvalue weighted by molar-refractivity contribution is -0.138. The second-order valence-corrected chi connectivity index (χ2v) is 5.84. The Balaban J connectivity index is 1.60. The fraction of sp³-hybridized carbons (Fsp3) is 0.333. The molecule has 2 fully saturated rings. The Morgan fingerprint density at radius 2 is 1.80 bits per heavy atom. The average Bonchev–Trinajstić information content (AvgIpc) is 3.15. The van der Waals surface area contributed by atoms with E-state index in [0.717, 1.165) is 10.5 Å². The Bertz CT molecular complexity index is 712. The number of carbonyl (C=O) groups is 4. The van der Waals surface area contributed by atoms with Crippen molar-refractivity contribution in [3.63, 3.8) is 0 Å². The van der Waals surface area contributed by atoms with Crippen molar-refractivity contribution in [1.29, 1.82) is 0 Å². The van der Waals surface area contributed by atoms with Gasteiger partial charge in [0.25, 0.3) is 5.91 Å². The first-order valence-electron chi connectivity index (χ1n) is 8.12. The van der Waals surface area contributed by atoms with Crippen LogP contribution in [0.1, 0.15) is 30.9 Å². The molecule has 0 spiro atoms. The van der Waals surface area contributed by atoms with Crippen molar-refractivity contribution in [1.82, 2.24) is 9.80 Å². The molecule has 2 aliphatic rings. The van der Waals surface area contributed by atoms with Crippen LogP contribution < -0.4 is 0 Å². The Kier molecular flexibility index (Phi) is 4.92. The molecule has 0 bridgehead atoms. The van der Waals surface area contributed by atoms with Crippen LogP contribution in [0.3, 0.4) is 0 Å². The number of rotatable bonds is 5. The highest BCUT2D eigenvalue weighted by molar-refractivity contribution is 6.02. The molecule has 1 aromatic carbocycles. The monoisotopic (exact) mass is 342 g/mol. The minimum atomic E-state index is -0.673. The maximum absolute atomic E-state index is 12.4. The smallest absolute Gasteiger partial charge is 0.417 e. The SMILES string of the molecule is O=C1CCC(=O)N1CC/C=C/C(=O)N1C(=O)OC[C@@H]1c1ccccc1. The van der Waals surface area contributed by atoms with Crippen molar-refractivity contribution in [3.8, 4) is 0 Å². The number of carbonyl (C=O) groups excluding carboxylic acids is 4. The highest BCUT2D eigenvalue weighted by Crippen LogP contribution is 2.27. The number of amides is 4. The maximum Gasteiger partial charge on any atom is 0.417 e. The highest BCUT2D eigenvalue weighted by Gasteiger charge is 2.37. The van der Waals surface area contributed by atoms with Crippen molar-refractivity contribution in [3.05, 3.63) is 48.0 Å². The number of nitrogens with zero attached hydrogens (tertiary/aromatic N) is 2. The molecule has 3 rings (SSSR count). The van der Waals surface area contributed by atoms with Gasteiger partial charge in [0, 0.05) is 19.4 Å². The number of hydrogen-bond acceptors (Lipinski definition) is 5. The maximum atomic E-state index is 12.4. The summed E-state index contributed by atoms with van der Waals surface area (Å²) in [5, 5.41) is 0. The van der Waals surface area contributed by atoms with Gasteiger partial charge in [-0.25, -0.2) is 9.69 Å². The van der Waals surface area contributed by atoms with Crippen molar-refractivity contribution < 1.29 is 23.9 Å². The van der Waals surface area contributed by atoms with Crippen LogP contribution in [0.2, 0.25) is 0 Å². The summed E-state index contributed by atoms with van der Waals surface area (Å²) < 4.78 is 5.00. The third kappa shape index (κ3) is 3.60. The van der Waals surface area contributed by atoms with Crippen LogP contribution in [0.4, 0.5) is 4.79 Å². The normalized spacial score (nSPS) is 20.6. The quantitative estimate of drug-likeness (QED) is 0.602. The standard InChI is InChI=1S/C18H18N2O5/c21-15-9-10-16(22)19(15)11-5-4-8-17(23)20-14(12-25-18(20)24)13-6-2-1-3-7-13/h1-4,6-8,14H,5,9-12H2/b8-4+/t14-/m1/s1. The molecule has 1 atom stereocenters. The van der Waals surface area contributed by atoms with Gasteiger partial charge in [-0.05, 0) is 18.1 Å². The van der Waals surface area contributed by atoms with Gasteiger partial charge in [0.15, 0.2) is 0 Å². The van der Waals surface area contributed by atoms with Crippen LogP contribution in [0.15, 0.2) is 42.5 Å². The molecule has 4 amide bonds. The van der Waals surface area contributed by atoms with E-state index in [4.69, 9.17) is 4.74 Å². The summed E-state index contributed by atoms with van der Waals surface area (Å²) >= 11 is 0. The van der Waals surface area contributed by atoms with E-state index in [1.54, 1.807) is 6.08 Å². The summed E-state index contributed by atoms with van der Waals surface area (Å²) in [5.74, 6) is -0.843. The molecule has 7 heteroatoms. The van der Waals surface area contributed by atoms with Crippen molar-refractivity contribution in [2.75, 3.05) is 13.2 Å². The molecule has 2 aliphatic heterocycles. The molecule has 2 saturated heterocycles. The molecule has 25 heavy (non-hydrogen) atoms. The summed E-state index contributed by atoms with van der Waals surface area (Å²) in [7, 11) is 0. The molecule has 0 saturated carbocycles. The molecular weight excluding hydrogens is 324 g/mol.